The van der Waals surface area contributed by atoms with Gasteiger partial charge in [0.15, 0.2) is 0 Å². The fourth-order valence-corrected chi connectivity index (χ4v) is 2.80. The van der Waals surface area contributed by atoms with Gasteiger partial charge in [-0.2, -0.15) is 5.26 Å². The highest BCUT2D eigenvalue weighted by molar-refractivity contribution is 5.01. The van der Waals surface area contributed by atoms with Gasteiger partial charge in [-0.05, 0) is 31.7 Å². The molecule has 0 radical (unpaired) electrons. The second-order valence-corrected chi connectivity index (χ2v) is 5.61. The number of hydrogen-bond acceptors (Lipinski definition) is 3. The Morgan fingerprint density at radius 3 is 2.69 bits per heavy atom. The summed E-state index contributed by atoms with van der Waals surface area (Å²) >= 11 is 0. The third-order valence-corrected chi connectivity index (χ3v) is 4.30. The molecule has 0 amide bonds. The molecule has 0 aromatic carbocycles. The zero-order chi connectivity index (χ0) is 11.6. The Bertz CT molecular complexity index is 277. The summed E-state index contributed by atoms with van der Waals surface area (Å²) in [6, 6.07) is 3.07. The quantitative estimate of drug-likeness (QED) is 0.724. The highest BCUT2D eigenvalue weighted by Gasteiger charge is 2.44. The molecule has 2 fully saturated rings. The van der Waals surface area contributed by atoms with E-state index in [1.807, 2.05) is 0 Å². The third kappa shape index (κ3) is 2.56. The van der Waals surface area contributed by atoms with E-state index in [4.69, 9.17) is 5.26 Å². The highest BCUT2D eigenvalue weighted by atomic mass is 15.3. The number of rotatable bonds is 4. The fourth-order valence-electron chi connectivity index (χ4n) is 2.80. The van der Waals surface area contributed by atoms with E-state index in [2.05, 4.69) is 29.8 Å². The van der Waals surface area contributed by atoms with Crippen LogP contribution < -0.4 is 0 Å². The molecule has 2 aliphatic rings. The second kappa shape index (κ2) is 4.73. The van der Waals surface area contributed by atoms with Crippen LogP contribution in [0, 0.1) is 16.7 Å². The molecule has 1 aliphatic heterocycles. The summed E-state index contributed by atoms with van der Waals surface area (Å²) in [7, 11) is 2.23. The van der Waals surface area contributed by atoms with Crippen LogP contribution in [-0.2, 0) is 0 Å². The van der Waals surface area contributed by atoms with Crippen LogP contribution in [0.4, 0.5) is 0 Å². The van der Waals surface area contributed by atoms with Crippen LogP contribution in [0.1, 0.15) is 32.6 Å². The maximum Gasteiger partial charge on any atom is 0.0628 e. The highest BCUT2D eigenvalue weighted by Crippen LogP contribution is 2.49. The van der Waals surface area contributed by atoms with Gasteiger partial charge < -0.3 is 4.90 Å². The van der Waals surface area contributed by atoms with Gasteiger partial charge in [-0.3, -0.25) is 4.90 Å². The SMILES string of the molecule is CCC1CN(CC2(CC#N)CC2)CCN1C. The summed E-state index contributed by atoms with van der Waals surface area (Å²) in [6.45, 7) is 6.99. The van der Waals surface area contributed by atoms with Crippen LogP contribution >= 0.6 is 0 Å². The van der Waals surface area contributed by atoms with Crippen molar-refractivity contribution in [2.24, 2.45) is 5.41 Å². The average molecular weight is 221 g/mol. The van der Waals surface area contributed by atoms with Crippen molar-refractivity contribution in [3.05, 3.63) is 0 Å². The van der Waals surface area contributed by atoms with E-state index < -0.39 is 0 Å². The standard InChI is InChI=1S/C13H23N3/c1-3-12-10-16(9-8-15(12)2)11-13(4-5-13)6-7-14/h12H,3-6,8-11H2,1-2H3. The Morgan fingerprint density at radius 1 is 1.38 bits per heavy atom. The van der Waals surface area contributed by atoms with Crippen LogP contribution in [-0.4, -0.2) is 49.1 Å². The summed E-state index contributed by atoms with van der Waals surface area (Å²) < 4.78 is 0. The Labute approximate surface area is 99.0 Å². The van der Waals surface area contributed by atoms with Crippen LogP contribution in [0.2, 0.25) is 0 Å². The molecule has 0 bridgehead atoms. The van der Waals surface area contributed by atoms with Gasteiger partial charge in [-0.1, -0.05) is 6.92 Å². The molecule has 2 rings (SSSR count). The maximum absolute atomic E-state index is 8.83. The molecule has 3 heteroatoms. The number of nitriles is 1. The number of likely N-dealkylation sites (N-methyl/N-ethyl adjacent to an activating group) is 1. The molecule has 0 aromatic heterocycles. The molecular formula is C13H23N3. The Morgan fingerprint density at radius 2 is 2.12 bits per heavy atom. The fraction of sp³-hybridized carbons (Fsp3) is 0.923. The van der Waals surface area contributed by atoms with Crippen molar-refractivity contribution in [3.8, 4) is 6.07 Å². The first kappa shape index (κ1) is 11.9. The number of nitrogens with zero attached hydrogens (tertiary/aromatic N) is 3. The van der Waals surface area contributed by atoms with E-state index >= 15 is 0 Å². The second-order valence-electron chi connectivity index (χ2n) is 5.61. The zero-order valence-corrected chi connectivity index (χ0v) is 10.6. The summed E-state index contributed by atoms with van der Waals surface area (Å²) in [5.41, 5.74) is 0.378. The van der Waals surface area contributed by atoms with Crippen molar-refractivity contribution < 1.29 is 0 Å². The van der Waals surface area contributed by atoms with Crippen LogP contribution in [0.25, 0.3) is 0 Å². The predicted octanol–water partition coefficient (Wildman–Crippen LogP) is 1.71. The van der Waals surface area contributed by atoms with Crippen molar-refractivity contribution in [2.75, 3.05) is 33.2 Å². The zero-order valence-electron chi connectivity index (χ0n) is 10.6. The molecular weight excluding hydrogens is 198 g/mol. The van der Waals surface area contributed by atoms with Crippen LogP contribution in [0.5, 0.6) is 0 Å². The summed E-state index contributed by atoms with van der Waals surface area (Å²) in [4.78, 5) is 5.05. The van der Waals surface area contributed by atoms with E-state index in [9.17, 15) is 0 Å². The molecule has 90 valence electrons. The third-order valence-electron chi connectivity index (χ3n) is 4.30. The van der Waals surface area contributed by atoms with Crippen molar-refractivity contribution >= 4 is 0 Å². The lowest BCUT2D eigenvalue weighted by molar-refractivity contribution is 0.0785. The molecule has 1 atom stereocenters. The summed E-state index contributed by atoms with van der Waals surface area (Å²) in [5, 5.41) is 8.83. The number of piperazine rings is 1. The van der Waals surface area contributed by atoms with Gasteiger partial charge in [-0.25, -0.2) is 0 Å². The predicted molar refractivity (Wildman–Crippen MR) is 65.0 cm³/mol. The normalized spacial score (nSPS) is 29.9. The largest absolute Gasteiger partial charge is 0.301 e. The van der Waals surface area contributed by atoms with Crippen molar-refractivity contribution in [3.63, 3.8) is 0 Å². The molecule has 1 saturated carbocycles. The van der Waals surface area contributed by atoms with Gasteiger partial charge in [0.05, 0.1) is 6.07 Å². The minimum Gasteiger partial charge on any atom is -0.301 e. The van der Waals surface area contributed by atoms with E-state index in [-0.39, 0.29) is 0 Å². The molecule has 0 aromatic rings. The molecule has 1 saturated heterocycles. The molecule has 0 N–H and O–H groups in total. The lowest BCUT2D eigenvalue weighted by Crippen LogP contribution is -2.52. The minimum absolute atomic E-state index is 0.378. The van der Waals surface area contributed by atoms with Gasteiger partial charge in [0, 0.05) is 38.6 Å². The first-order valence-electron chi connectivity index (χ1n) is 6.49. The van der Waals surface area contributed by atoms with E-state index in [1.165, 1.54) is 38.9 Å². The van der Waals surface area contributed by atoms with Gasteiger partial charge in [0.25, 0.3) is 0 Å². The summed E-state index contributed by atoms with van der Waals surface area (Å²) in [5.74, 6) is 0. The van der Waals surface area contributed by atoms with Gasteiger partial charge >= 0.3 is 0 Å². The maximum atomic E-state index is 8.83. The van der Waals surface area contributed by atoms with Gasteiger partial charge in [0.2, 0.25) is 0 Å². The Hall–Kier alpha value is -0.590. The van der Waals surface area contributed by atoms with E-state index in [0.717, 1.165) is 13.0 Å². The first-order chi connectivity index (χ1) is 7.69. The lowest BCUT2D eigenvalue weighted by atomic mass is 10.0. The smallest absolute Gasteiger partial charge is 0.0628 e. The first-order valence-corrected chi connectivity index (χ1v) is 6.49. The monoisotopic (exact) mass is 221 g/mol. The van der Waals surface area contributed by atoms with Gasteiger partial charge in [0.1, 0.15) is 0 Å². The summed E-state index contributed by atoms with van der Waals surface area (Å²) in [6.07, 6.45) is 4.53. The molecule has 1 heterocycles. The van der Waals surface area contributed by atoms with Crippen molar-refractivity contribution in [2.45, 2.75) is 38.6 Å². The Balaban J connectivity index is 1.85. The van der Waals surface area contributed by atoms with E-state index in [1.54, 1.807) is 0 Å². The van der Waals surface area contributed by atoms with E-state index in [0.29, 0.717) is 11.5 Å². The topological polar surface area (TPSA) is 30.3 Å². The number of hydrogen-bond donors (Lipinski definition) is 0. The van der Waals surface area contributed by atoms with Gasteiger partial charge in [-0.15, -0.1) is 0 Å². The average Bonchev–Trinajstić information content (AvgIpc) is 3.01. The molecule has 16 heavy (non-hydrogen) atoms. The molecule has 0 spiro atoms. The molecule has 1 unspecified atom stereocenters. The molecule has 1 aliphatic carbocycles. The van der Waals surface area contributed by atoms with Crippen molar-refractivity contribution in [1.29, 1.82) is 5.26 Å². The molecule has 3 nitrogen and oxygen atoms in total. The Kier molecular flexibility index (Phi) is 3.51. The lowest BCUT2D eigenvalue weighted by Gasteiger charge is -2.40. The van der Waals surface area contributed by atoms with Crippen LogP contribution in [0.3, 0.4) is 0 Å². The van der Waals surface area contributed by atoms with Crippen molar-refractivity contribution in [1.82, 2.24) is 9.80 Å². The van der Waals surface area contributed by atoms with Crippen LogP contribution in [0.15, 0.2) is 0 Å². The minimum atomic E-state index is 0.378.